The Morgan fingerprint density at radius 3 is 2.79 bits per heavy atom. The predicted octanol–water partition coefficient (Wildman–Crippen LogP) is 3.12. The highest BCUT2D eigenvalue weighted by Gasteiger charge is 2.57. The number of aliphatic hydroxyl groups excluding tert-OH is 2. The van der Waals surface area contributed by atoms with E-state index in [2.05, 4.69) is 13.5 Å². The fraction of sp³-hybridized carbons (Fsp3) is 0.650. The molecule has 0 saturated heterocycles. The van der Waals surface area contributed by atoms with Gasteiger partial charge in [0.2, 0.25) is 0 Å². The van der Waals surface area contributed by atoms with E-state index < -0.39 is 11.5 Å². The van der Waals surface area contributed by atoms with Gasteiger partial charge in [-0.15, -0.1) is 0 Å². The fourth-order valence-electron chi connectivity index (χ4n) is 5.34. The van der Waals surface area contributed by atoms with E-state index in [-0.39, 0.29) is 29.8 Å². The molecule has 0 amide bonds. The van der Waals surface area contributed by atoms with Crippen molar-refractivity contribution >= 4 is 5.97 Å². The van der Waals surface area contributed by atoms with Gasteiger partial charge in [-0.3, -0.25) is 0 Å². The Hall–Kier alpha value is -1.39. The van der Waals surface area contributed by atoms with Gasteiger partial charge in [0.15, 0.2) is 0 Å². The maximum Gasteiger partial charge on any atom is 0.342 e. The summed E-state index contributed by atoms with van der Waals surface area (Å²) in [7, 11) is 0. The summed E-state index contributed by atoms with van der Waals surface area (Å²) in [6.45, 7) is 8.59. The lowest BCUT2D eigenvalue weighted by Gasteiger charge is -2.59. The second kappa shape index (κ2) is 6.16. The van der Waals surface area contributed by atoms with Crippen LogP contribution in [0, 0.1) is 22.7 Å². The molecule has 1 heterocycles. The van der Waals surface area contributed by atoms with Crippen LogP contribution in [0.2, 0.25) is 0 Å². The van der Waals surface area contributed by atoms with Crippen molar-refractivity contribution in [2.75, 3.05) is 6.61 Å². The van der Waals surface area contributed by atoms with Gasteiger partial charge < -0.3 is 14.9 Å². The summed E-state index contributed by atoms with van der Waals surface area (Å²) in [6, 6.07) is 0. The molecular weight excluding hydrogens is 304 g/mol. The minimum Gasteiger partial charge on any atom is -0.431 e. The van der Waals surface area contributed by atoms with Crippen LogP contribution >= 0.6 is 0 Å². The van der Waals surface area contributed by atoms with Crippen LogP contribution in [0.25, 0.3) is 0 Å². The molecule has 3 aliphatic rings. The summed E-state index contributed by atoms with van der Waals surface area (Å²) in [5.41, 5.74) is 1.34. The molecule has 4 heteroatoms. The van der Waals surface area contributed by atoms with E-state index >= 15 is 0 Å². The summed E-state index contributed by atoms with van der Waals surface area (Å²) in [6.07, 6.45) is 8.86. The van der Waals surface area contributed by atoms with Gasteiger partial charge in [-0.1, -0.05) is 32.1 Å². The van der Waals surface area contributed by atoms with Gasteiger partial charge >= 0.3 is 5.97 Å². The van der Waals surface area contributed by atoms with E-state index in [4.69, 9.17) is 4.74 Å². The average molecular weight is 332 g/mol. The maximum absolute atomic E-state index is 11.6. The zero-order valence-electron chi connectivity index (χ0n) is 14.6. The lowest BCUT2D eigenvalue weighted by atomic mass is 9.46. The molecule has 0 radical (unpaired) electrons. The maximum atomic E-state index is 11.6. The first-order chi connectivity index (χ1) is 11.3. The minimum atomic E-state index is -0.467. The molecule has 4 nitrogen and oxygen atoms in total. The topological polar surface area (TPSA) is 66.8 Å². The first kappa shape index (κ1) is 17.4. The molecule has 2 fully saturated rings. The number of fused-ring (bicyclic) bond motifs is 1. The van der Waals surface area contributed by atoms with Crippen molar-refractivity contribution in [3.8, 4) is 0 Å². The van der Waals surface area contributed by atoms with Gasteiger partial charge in [0.1, 0.15) is 0 Å². The van der Waals surface area contributed by atoms with Crippen molar-refractivity contribution in [1.29, 1.82) is 0 Å². The third-order valence-corrected chi connectivity index (χ3v) is 6.93. The molecule has 2 saturated carbocycles. The van der Waals surface area contributed by atoms with Crippen molar-refractivity contribution in [2.45, 2.75) is 52.1 Å². The molecule has 0 bridgehead atoms. The summed E-state index contributed by atoms with van der Waals surface area (Å²) < 4.78 is 4.85. The number of allylic oxidation sites excluding steroid dienone is 2. The average Bonchev–Trinajstić information content (AvgIpc) is 2.96. The number of cyclic esters (lactones) is 1. The summed E-state index contributed by atoms with van der Waals surface area (Å²) in [5, 5.41) is 20.5. The van der Waals surface area contributed by atoms with Crippen molar-refractivity contribution in [3.05, 3.63) is 36.1 Å². The molecule has 0 aromatic rings. The molecule has 2 aliphatic carbocycles. The third kappa shape index (κ3) is 2.56. The van der Waals surface area contributed by atoms with Crippen LogP contribution in [-0.4, -0.2) is 28.9 Å². The standard InChI is InChI=1S/C20H28O4/c1-13-4-7-16-19(2,10-8-17(22)20(16,3)12-21)15(13)6-5-14-9-11-24-18(14)23/h5,9,11,15-17,21-22H,1,4,6-8,10,12H2,2-3H3/b14-5-/t15-,16-,17+,19-,20-/m0/s1. The highest BCUT2D eigenvalue weighted by atomic mass is 16.5. The minimum absolute atomic E-state index is 0.00374. The lowest BCUT2D eigenvalue weighted by Crippen LogP contribution is -2.57. The Labute approximate surface area is 143 Å². The van der Waals surface area contributed by atoms with Crippen molar-refractivity contribution in [1.82, 2.24) is 0 Å². The summed E-state index contributed by atoms with van der Waals surface area (Å²) in [4.78, 5) is 11.6. The molecule has 0 spiro atoms. The molecular formula is C20H28O4. The Morgan fingerprint density at radius 2 is 2.17 bits per heavy atom. The molecule has 2 N–H and O–H groups in total. The van der Waals surface area contributed by atoms with E-state index in [0.717, 1.165) is 25.7 Å². The normalized spacial score (nSPS) is 43.8. The second-order valence-electron chi connectivity index (χ2n) is 8.13. The smallest absolute Gasteiger partial charge is 0.342 e. The Bertz CT molecular complexity index is 605. The van der Waals surface area contributed by atoms with E-state index in [1.54, 1.807) is 6.08 Å². The van der Waals surface area contributed by atoms with Gasteiger partial charge in [-0.25, -0.2) is 4.79 Å². The summed E-state index contributed by atoms with van der Waals surface area (Å²) >= 11 is 0. The van der Waals surface area contributed by atoms with Crippen LogP contribution in [0.4, 0.5) is 0 Å². The largest absolute Gasteiger partial charge is 0.431 e. The van der Waals surface area contributed by atoms with Crippen molar-refractivity contribution < 1.29 is 19.7 Å². The molecule has 24 heavy (non-hydrogen) atoms. The zero-order chi connectivity index (χ0) is 17.5. The van der Waals surface area contributed by atoms with Crippen molar-refractivity contribution in [2.24, 2.45) is 22.7 Å². The van der Waals surface area contributed by atoms with Crippen LogP contribution in [0.3, 0.4) is 0 Å². The molecule has 0 unspecified atom stereocenters. The van der Waals surface area contributed by atoms with Crippen LogP contribution in [0.15, 0.2) is 36.1 Å². The van der Waals surface area contributed by atoms with Crippen LogP contribution in [-0.2, 0) is 9.53 Å². The van der Waals surface area contributed by atoms with Gasteiger partial charge in [0, 0.05) is 5.41 Å². The number of aliphatic hydroxyl groups is 2. The molecule has 132 valence electrons. The Kier molecular flexibility index (Phi) is 4.47. The molecule has 0 aromatic heterocycles. The number of esters is 1. The second-order valence-corrected chi connectivity index (χ2v) is 8.13. The van der Waals surface area contributed by atoms with Crippen molar-refractivity contribution in [3.63, 3.8) is 0 Å². The Balaban J connectivity index is 1.89. The van der Waals surface area contributed by atoms with Gasteiger partial charge in [0.25, 0.3) is 0 Å². The molecule has 0 aromatic carbocycles. The van der Waals surface area contributed by atoms with E-state index in [0.29, 0.717) is 12.0 Å². The molecule has 1 aliphatic heterocycles. The fourth-order valence-corrected chi connectivity index (χ4v) is 5.34. The molecule has 3 rings (SSSR count). The van der Waals surface area contributed by atoms with Gasteiger partial charge in [-0.2, -0.15) is 0 Å². The predicted molar refractivity (Wildman–Crippen MR) is 91.8 cm³/mol. The SMILES string of the molecule is C=C1CC[C@@H]2[C@](C)(CO)[C@H](O)CC[C@@]2(C)[C@H]1C/C=C1/C=COC1=O. The number of rotatable bonds is 3. The first-order valence-electron chi connectivity index (χ1n) is 8.87. The van der Waals surface area contributed by atoms with Crippen LogP contribution in [0.5, 0.6) is 0 Å². The number of ether oxygens (including phenoxy) is 1. The highest BCUT2D eigenvalue weighted by Crippen LogP contribution is 2.61. The quantitative estimate of drug-likeness (QED) is 0.473. The first-order valence-corrected chi connectivity index (χ1v) is 8.87. The number of carbonyl (C=O) groups excluding carboxylic acids is 1. The van der Waals surface area contributed by atoms with E-state index in [9.17, 15) is 15.0 Å². The number of hydrogen-bond acceptors (Lipinski definition) is 4. The Morgan fingerprint density at radius 1 is 1.42 bits per heavy atom. The van der Waals surface area contributed by atoms with Gasteiger partial charge in [0.05, 0.1) is 24.5 Å². The number of hydrogen-bond donors (Lipinski definition) is 2. The van der Waals surface area contributed by atoms with E-state index in [1.807, 2.05) is 13.0 Å². The molecule has 5 atom stereocenters. The highest BCUT2D eigenvalue weighted by molar-refractivity contribution is 5.94. The monoisotopic (exact) mass is 332 g/mol. The lowest BCUT2D eigenvalue weighted by molar-refractivity contribution is -0.151. The third-order valence-electron chi connectivity index (χ3n) is 6.93. The van der Waals surface area contributed by atoms with Crippen LogP contribution in [0.1, 0.15) is 46.0 Å². The zero-order valence-corrected chi connectivity index (χ0v) is 14.6. The summed E-state index contributed by atoms with van der Waals surface area (Å²) in [5.74, 6) is 0.208. The van der Waals surface area contributed by atoms with E-state index in [1.165, 1.54) is 11.8 Å². The van der Waals surface area contributed by atoms with Gasteiger partial charge in [-0.05, 0) is 55.4 Å². The number of carbonyl (C=O) groups is 1. The van der Waals surface area contributed by atoms with Crippen LogP contribution < -0.4 is 0 Å².